The molecule has 0 amide bonds. The monoisotopic (exact) mass is 227 g/mol. The Morgan fingerprint density at radius 2 is 2.19 bits per heavy atom. The normalized spacial score (nSPS) is 13.3. The van der Waals surface area contributed by atoms with Crippen LogP contribution in [0.5, 0.6) is 5.75 Å². The predicted molar refractivity (Wildman–Crippen MR) is 55.3 cm³/mol. The summed E-state index contributed by atoms with van der Waals surface area (Å²) in [4.78, 5) is 7.16. The van der Waals surface area contributed by atoms with Crippen molar-refractivity contribution < 1.29 is 13.5 Å². The molecule has 0 spiro atoms. The molecule has 0 saturated heterocycles. The van der Waals surface area contributed by atoms with Gasteiger partial charge in [-0.1, -0.05) is 0 Å². The molecule has 1 aromatic carbocycles. The first-order valence-electron chi connectivity index (χ1n) is 4.76. The molecule has 0 aliphatic carbocycles. The molecule has 6 heteroatoms. The molecule has 0 fully saturated rings. The molecular weight excluding hydrogens is 216 g/mol. The third kappa shape index (κ3) is 2.11. The Hall–Kier alpha value is -1.69. The number of nitrogens with one attached hydrogen (secondary N) is 1. The maximum Gasteiger partial charge on any atom is 0.387 e. The van der Waals surface area contributed by atoms with E-state index in [4.69, 9.17) is 5.73 Å². The number of aromatic amines is 1. The standard InChI is InChI=1S/C10H11F2N3O/c1-5(13)9-14-7-3-2-6(16-10(11)12)4-8(7)15-9/h2-5,10H,13H2,1H3,(H,14,15)/t5-/m1/s1. The molecule has 16 heavy (non-hydrogen) atoms. The van der Waals surface area contributed by atoms with Gasteiger partial charge in [0.05, 0.1) is 17.1 Å². The molecule has 0 saturated carbocycles. The van der Waals surface area contributed by atoms with E-state index < -0.39 is 6.61 Å². The fourth-order valence-electron chi connectivity index (χ4n) is 1.40. The maximum atomic E-state index is 12.0. The van der Waals surface area contributed by atoms with E-state index in [0.29, 0.717) is 16.9 Å². The molecule has 2 rings (SSSR count). The van der Waals surface area contributed by atoms with E-state index in [0.717, 1.165) is 0 Å². The van der Waals surface area contributed by atoms with Crippen molar-refractivity contribution in [3.63, 3.8) is 0 Å². The van der Waals surface area contributed by atoms with Gasteiger partial charge in [0.1, 0.15) is 11.6 Å². The zero-order chi connectivity index (χ0) is 11.7. The zero-order valence-corrected chi connectivity index (χ0v) is 8.58. The van der Waals surface area contributed by atoms with Gasteiger partial charge in [0.15, 0.2) is 0 Å². The molecule has 0 bridgehead atoms. The molecule has 1 atom stereocenters. The van der Waals surface area contributed by atoms with E-state index in [2.05, 4.69) is 14.7 Å². The lowest BCUT2D eigenvalue weighted by Crippen LogP contribution is -2.06. The molecule has 86 valence electrons. The van der Waals surface area contributed by atoms with Crippen LogP contribution in [0.1, 0.15) is 18.8 Å². The van der Waals surface area contributed by atoms with E-state index in [1.165, 1.54) is 12.1 Å². The van der Waals surface area contributed by atoms with Gasteiger partial charge in [-0.15, -0.1) is 0 Å². The van der Waals surface area contributed by atoms with Crippen LogP contribution in [0.2, 0.25) is 0 Å². The minimum absolute atomic E-state index is 0.0994. The van der Waals surface area contributed by atoms with Crippen molar-refractivity contribution in [1.29, 1.82) is 0 Å². The van der Waals surface area contributed by atoms with Gasteiger partial charge < -0.3 is 15.5 Å². The van der Waals surface area contributed by atoms with Gasteiger partial charge >= 0.3 is 6.61 Å². The molecule has 1 aromatic heterocycles. The Morgan fingerprint density at radius 3 is 2.81 bits per heavy atom. The van der Waals surface area contributed by atoms with E-state index in [9.17, 15) is 8.78 Å². The number of ether oxygens (including phenoxy) is 1. The van der Waals surface area contributed by atoms with Crippen LogP contribution in [-0.2, 0) is 0 Å². The van der Waals surface area contributed by atoms with Crippen molar-refractivity contribution in [2.24, 2.45) is 5.73 Å². The minimum atomic E-state index is -2.83. The number of nitrogens with zero attached hydrogens (tertiary/aromatic N) is 1. The van der Waals surface area contributed by atoms with Gasteiger partial charge in [-0.25, -0.2) is 4.98 Å². The lowest BCUT2D eigenvalue weighted by molar-refractivity contribution is -0.0497. The fraction of sp³-hybridized carbons (Fsp3) is 0.300. The van der Waals surface area contributed by atoms with Gasteiger partial charge in [0.25, 0.3) is 0 Å². The van der Waals surface area contributed by atoms with Crippen LogP contribution in [0.3, 0.4) is 0 Å². The fourth-order valence-corrected chi connectivity index (χ4v) is 1.40. The first-order valence-corrected chi connectivity index (χ1v) is 4.76. The highest BCUT2D eigenvalue weighted by Gasteiger charge is 2.09. The second-order valence-corrected chi connectivity index (χ2v) is 3.47. The summed E-state index contributed by atoms with van der Waals surface area (Å²) < 4.78 is 28.3. The number of rotatable bonds is 3. The second kappa shape index (κ2) is 4.05. The summed E-state index contributed by atoms with van der Waals surface area (Å²) in [6.07, 6.45) is 0. The summed E-state index contributed by atoms with van der Waals surface area (Å²) in [6, 6.07) is 4.29. The third-order valence-electron chi connectivity index (χ3n) is 2.13. The lowest BCUT2D eigenvalue weighted by Gasteiger charge is -2.02. The number of benzene rings is 1. The van der Waals surface area contributed by atoms with Crippen LogP contribution in [0, 0.1) is 0 Å². The molecule has 2 aromatic rings. The first-order chi connectivity index (χ1) is 7.56. The number of H-pyrrole nitrogens is 1. The molecule has 1 heterocycles. The number of hydrogen-bond acceptors (Lipinski definition) is 3. The van der Waals surface area contributed by atoms with E-state index in [1.54, 1.807) is 13.0 Å². The lowest BCUT2D eigenvalue weighted by atomic mass is 10.3. The van der Waals surface area contributed by atoms with Crippen LogP contribution < -0.4 is 10.5 Å². The summed E-state index contributed by atoms with van der Waals surface area (Å²) in [5.41, 5.74) is 6.96. The highest BCUT2D eigenvalue weighted by atomic mass is 19.3. The zero-order valence-electron chi connectivity index (χ0n) is 8.58. The van der Waals surface area contributed by atoms with Crippen LogP contribution in [0.4, 0.5) is 8.78 Å². The summed E-state index contributed by atoms with van der Waals surface area (Å²) in [6.45, 7) is -1.04. The van der Waals surface area contributed by atoms with Crippen LogP contribution in [0.15, 0.2) is 18.2 Å². The highest BCUT2D eigenvalue weighted by molar-refractivity contribution is 5.76. The van der Waals surface area contributed by atoms with Crippen molar-refractivity contribution >= 4 is 11.0 Å². The van der Waals surface area contributed by atoms with Gasteiger partial charge in [0, 0.05) is 6.07 Å². The first kappa shape index (κ1) is 10.8. The quantitative estimate of drug-likeness (QED) is 0.844. The SMILES string of the molecule is C[C@@H](N)c1nc2ccc(OC(F)F)cc2[nH]1. The second-order valence-electron chi connectivity index (χ2n) is 3.47. The molecule has 0 aliphatic heterocycles. The molecule has 0 unspecified atom stereocenters. The molecule has 0 aliphatic rings. The topological polar surface area (TPSA) is 63.9 Å². The highest BCUT2D eigenvalue weighted by Crippen LogP contribution is 2.21. The smallest absolute Gasteiger partial charge is 0.387 e. The number of imidazole rings is 1. The average molecular weight is 227 g/mol. The number of fused-ring (bicyclic) bond motifs is 1. The van der Waals surface area contributed by atoms with Crippen LogP contribution in [-0.4, -0.2) is 16.6 Å². The van der Waals surface area contributed by atoms with Crippen molar-refractivity contribution in [2.75, 3.05) is 0 Å². The van der Waals surface area contributed by atoms with E-state index in [1.807, 2.05) is 0 Å². The number of hydrogen-bond donors (Lipinski definition) is 2. The number of halogens is 2. The minimum Gasteiger partial charge on any atom is -0.435 e. The number of aromatic nitrogens is 2. The number of alkyl halides is 2. The Morgan fingerprint density at radius 1 is 1.44 bits per heavy atom. The van der Waals surface area contributed by atoms with Gasteiger partial charge in [0.2, 0.25) is 0 Å². The van der Waals surface area contributed by atoms with E-state index >= 15 is 0 Å². The van der Waals surface area contributed by atoms with E-state index in [-0.39, 0.29) is 11.8 Å². The average Bonchev–Trinajstić information content (AvgIpc) is 2.59. The Labute approximate surface area is 90.4 Å². The molecule has 4 nitrogen and oxygen atoms in total. The van der Waals surface area contributed by atoms with Crippen LogP contribution in [0.25, 0.3) is 11.0 Å². The predicted octanol–water partition coefficient (Wildman–Crippen LogP) is 2.18. The summed E-state index contributed by atoms with van der Waals surface area (Å²) in [7, 11) is 0. The van der Waals surface area contributed by atoms with Crippen molar-refractivity contribution in [3.05, 3.63) is 24.0 Å². The Kier molecular flexibility index (Phi) is 2.74. The summed E-state index contributed by atoms with van der Waals surface area (Å²) in [5.74, 6) is 0.714. The summed E-state index contributed by atoms with van der Waals surface area (Å²) >= 11 is 0. The van der Waals surface area contributed by atoms with Crippen molar-refractivity contribution in [2.45, 2.75) is 19.6 Å². The number of nitrogens with two attached hydrogens (primary N) is 1. The van der Waals surface area contributed by atoms with Crippen molar-refractivity contribution in [3.8, 4) is 5.75 Å². The molecule has 3 N–H and O–H groups in total. The maximum absolute atomic E-state index is 12.0. The summed E-state index contributed by atoms with van der Waals surface area (Å²) in [5, 5.41) is 0. The molecule has 0 radical (unpaired) electrons. The van der Waals surface area contributed by atoms with Crippen LogP contribution >= 0.6 is 0 Å². The Balaban J connectivity index is 2.38. The molecular formula is C10H11F2N3O. The Bertz CT molecular complexity index is 496. The van der Waals surface area contributed by atoms with Crippen molar-refractivity contribution in [1.82, 2.24) is 9.97 Å². The van der Waals surface area contributed by atoms with Gasteiger partial charge in [-0.2, -0.15) is 8.78 Å². The largest absolute Gasteiger partial charge is 0.435 e. The van der Waals surface area contributed by atoms with Gasteiger partial charge in [-0.3, -0.25) is 0 Å². The third-order valence-corrected chi connectivity index (χ3v) is 2.13. The van der Waals surface area contributed by atoms with Gasteiger partial charge in [-0.05, 0) is 19.1 Å².